The first-order valence-corrected chi connectivity index (χ1v) is 5.92. The number of rotatable bonds is 5. The highest BCUT2D eigenvalue weighted by molar-refractivity contribution is 5.49. The zero-order chi connectivity index (χ0) is 11.6. The lowest BCUT2D eigenvalue weighted by molar-refractivity contribution is 0.595. The van der Waals surface area contributed by atoms with Crippen molar-refractivity contribution < 1.29 is 0 Å². The van der Waals surface area contributed by atoms with E-state index < -0.39 is 0 Å². The standard InChI is InChI=1S/C14H20N2/c1-4-14(10-13(14)15-3)11-6-8-12(9-7-11)16-5-2/h5-9,13,15-16H,2,4,10H2,1,3H3. The second kappa shape index (κ2) is 4.30. The van der Waals surface area contributed by atoms with Crippen LogP contribution in [0, 0.1) is 0 Å². The van der Waals surface area contributed by atoms with Crippen molar-refractivity contribution in [2.75, 3.05) is 12.4 Å². The van der Waals surface area contributed by atoms with Gasteiger partial charge >= 0.3 is 0 Å². The Balaban J connectivity index is 2.18. The van der Waals surface area contributed by atoms with Crippen LogP contribution in [-0.4, -0.2) is 13.1 Å². The maximum absolute atomic E-state index is 3.66. The molecule has 0 bridgehead atoms. The van der Waals surface area contributed by atoms with E-state index in [0.717, 1.165) is 5.69 Å². The van der Waals surface area contributed by atoms with E-state index >= 15 is 0 Å². The molecule has 16 heavy (non-hydrogen) atoms. The second-order valence-corrected chi connectivity index (χ2v) is 4.48. The van der Waals surface area contributed by atoms with Crippen LogP contribution >= 0.6 is 0 Å². The third kappa shape index (κ3) is 1.74. The Morgan fingerprint density at radius 3 is 2.56 bits per heavy atom. The van der Waals surface area contributed by atoms with Crippen molar-refractivity contribution >= 4 is 5.69 Å². The molecule has 1 aromatic rings. The van der Waals surface area contributed by atoms with E-state index in [1.807, 2.05) is 0 Å². The van der Waals surface area contributed by atoms with Gasteiger partial charge in [0.1, 0.15) is 0 Å². The quantitative estimate of drug-likeness (QED) is 0.791. The van der Waals surface area contributed by atoms with Crippen molar-refractivity contribution in [3.63, 3.8) is 0 Å². The number of benzene rings is 1. The second-order valence-electron chi connectivity index (χ2n) is 4.48. The van der Waals surface area contributed by atoms with Crippen molar-refractivity contribution in [3.8, 4) is 0 Å². The molecule has 2 rings (SSSR count). The Bertz CT molecular complexity index is 369. The van der Waals surface area contributed by atoms with Gasteiger partial charge in [-0.2, -0.15) is 0 Å². The molecule has 2 nitrogen and oxygen atoms in total. The molecule has 1 aliphatic rings. The van der Waals surface area contributed by atoms with Gasteiger partial charge in [0.2, 0.25) is 0 Å². The highest BCUT2D eigenvalue weighted by Gasteiger charge is 2.52. The Morgan fingerprint density at radius 2 is 2.12 bits per heavy atom. The number of hydrogen-bond donors (Lipinski definition) is 2. The van der Waals surface area contributed by atoms with E-state index in [1.54, 1.807) is 6.20 Å². The maximum Gasteiger partial charge on any atom is 0.0379 e. The highest BCUT2D eigenvalue weighted by Crippen LogP contribution is 2.50. The minimum absolute atomic E-state index is 0.376. The third-order valence-corrected chi connectivity index (χ3v) is 3.78. The Kier molecular flexibility index (Phi) is 3.01. The fourth-order valence-corrected chi connectivity index (χ4v) is 2.61. The van der Waals surface area contributed by atoms with Crippen LogP contribution < -0.4 is 10.6 Å². The van der Waals surface area contributed by atoms with Crippen LogP contribution in [0.25, 0.3) is 0 Å². The summed E-state index contributed by atoms with van der Waals surface area (Å²) in [5.41, 5.74) is 2.93. The average molecular weight is 216 g/mol. The van der Waals surface area contributed by atoms with Crippen molar-refractivity contribution in [2.45, 2.75) is 31.2 Å². The molecule has 0 heterocycles. The van der Waals surface area contributed by atoms with Crippen molar-refractivity contribution in [2.24, 2.45) is 0 Å². The molecule has 1 fully saturated rings. The van der Waals surface area contributed by atoms with Crippen LogP contribution in [0.1, 0.15) is 25.3 Å². The molecule has 2 heteroatoms. The molecule has 0 aromatic heterocycles. The minimum Gasteiger partial charge on any atom is -0.362 e. The lowest BCUT2D eigenvalue weighted by Gasteiger charge is -2.16. The largest absolute Gasteiger partial charge is 0.362 e. The molecule has 2 unspecified atom stereocenters. The predicted octanol–water partition coefficient (Wildman–Crippen LogP) is 2.88. The Labute approximate surface area is 97.8 Å². The topological polar surface area (TPSA) is 24.1 Å². The molecule has 1 aromatic carbocycles. The molecule has 0 saturated heterocycles. The summed E-state index contributed by atoms with van der Waals surface area (Å²) in [5.74, 6) is 0. The van der Waals surface area contributed by atoms with Crippen LogP contribution in [0.15, 0.2) is 37.0 Å². The third-order valence-electron chi connectivity index (χ3n) is 3.78. The molecule has 86 valence electrons. The summed E-state index contributed by atoms with van der Waals surface area (Å²) in [7, 11) is 2.05. The van der Waals surface area contributed by atoms with Gasteiger partial charge in [-0.15, -0.1) is 0 Å². The van der Waals surface area contributed by atoms with E-state index in [0.29, 0.717) is 11.5 Å². The average Bonchev–Trinajstić information content (AvgIpc) is 3.05. The summed E-state index contributed by atoms with van der Waals surface area (Å²) in [6.07, 6.45) is 4.17. The van der Waals surface area contributed by atoms with Crippen LogP contribution in [0.4, 0.5) is 5.69 Å². The molecule has 0 spiro atoms. The highest BCUT2D eigenvalue weighted by atomic mass is 15.0. The molecular weight excluding hydrogens is 196 g/mol. The van der Waals surface area contributed by atoms with Gasteiger partial charge in [0, 0.05) is 17.1 Å². The smallest absolute Gasteiger partial charge is 0.0379 e. The van der Waals surface area contributed by atoms with E-state index in [4.69, 9.17) is 0 Å². The normalized spacial score (nSPS) is 27.5. The van der Waals surface area contributed by atoms with Crippen LogP contribution in [0.3, 0.4) is 0 Å². The van der Waals surface area contributed by atoms with Crippen molar-refractivity contribution in [1.29, 1.82) is 0 Å². The Hall–Kier alpha value is -1.28. The molecule has 1 aliphatic carbocycles. The first kappa shape index (κ1) is 11.2. The molecule has 1 saturated carbocycles. The lowest BCUT2D eigenvalue weighted by atomic mass is 9.92. The van der Waals surface area contributed by atoms with Crippen molar-refractivity contribution in [1.82, 2.24) is 5.32 Å². The number of anilines is 1. The fraction of sp³-hybridized carbons (Fsp3) is 0.429. The number of hydrogen-bond acceptors (Lipinski definition) is 2. The molecule has 0 radical (unpaired) electrons. The first-order chi connectivity index (χ1) is 7.76. The fourth-order valence-electron chi connectivity index (χ4n) is 2.61. The summed E-state index contributed by atoms with van der Waals surface area (Å²) in [6.45, 7) is 5.93. The predicted molar refractivity (Wildman–Crippen MR) is 69.7 cm³/mol. The summed E-state index contributed by atoms with van der Waals surface area (Å²) >= 11 is 0. The van der Waals surface area contributed by atoms with Crippen LogP contribution in [0.5, 0.6) is 0 Å². The molecule has 0 amide bonds. The maximum atomic E-state index is 3.66. The Morgan fingerprint density at radius 1 is 1.44 bits per heavy atom. The van der Waals surface area contributed by atoms with E-state index in [9.17, 15) is 0 Å². The molecular formula is C14H20N2. The minimum atomic E-state index is 0.376. The van der Waals surface area contributed by atoms with Gasteiger partial charge in [-0.05, 0) is 43.8 Å². The summed E-state index contributed by atoms with van der Waals surface area (Å²) in [4.78, 5) is 0. The van der Waals surface area contributed by atoms with Gasteiger partial charge < -0.3 is 10.6 Å². The van der Waals surface area contributed by atoms with E-state index in [1.165, 1.54) is 18.4 Å². The first-order valence-electron chi connectivity index (χ1n) is 5.92. The van der Waals surface area contributed by atoms with E-state index in [-0.39, 0.29) is 0 Å². The zero-order valence-corrected chi connectivity index (χ0v) is 10.1. The van der Waals surface area contributed by atoms with Gasteiger partial charge in [0.25, 0.3) is 0 Å². The van der Waals surface area contributed by atoms with Crippen LogP contribution in [-0.2, 0) is 5.41 Å². The molecule has 0 aliphatic heterocycles. The lowest BCUT2D eigenvalue weighted by Crippen LogP contribution is -2.21. The van der Waals surface area contributed by atoms with Gasteiger partial charge in [-0.3, -0.25) is 0 Å². The monoisotopic (exact) mass is 216 g/mol. The van der Waals surface area contributed by atoms with E-state index in [2.05, 4.69) is 55.4 Å². The number of nitrogens with one attached hydrogen (secondary N) is 2. The molecule has 2 atom stereocenters. The van der Waals surface area contributed by atoms with Gasteiger partial charge in [-0.25, -0.2) is 0 Å². The van der Waals surface area contributed by atoms with Gasteiger partial charge in [0.05, 0.1) is 0 Å². The van der Waals surface area contributed by atoms with Gasteiger partial charge in [0.15, 0.2) is 0 Å². The van der Waals surface area contributed by atoms with Crippen molar-refractivity contribution in [3.05, 3.63) is 42.6 Å². The molecule has 2 N–H and O–H groups in total. The van der Waals surface area contributed by atoms with Crippen LogP contribution in [0.2, 0.25) is 0 Å². The summed E-state index contributed by atoms with van der Waals surface area (Å²) in [6, 6.07) is 9.36. The number of likely N-dealkylation sites (N-methyl/N-ethyl adjacent to an activating group) is 1. The SMILES string of the molecule is C=CNc1ccc(C2(CC)CC2NC)cc1. The zero-order valence-electron chi connectivity index (χ0n) is 10.1. The van der Waals surface area contributed by atoms with Gasteiger partial charge in [-0.1, -0.05) is 25.6 Å². The summed E-state index contributed by atoms with van der Waals surface area (Å²) in [5, 5.41) is 6.49. The summed E-state index contributed by atoms with van der Waals surface area (Å²) < 4.78 is 0.